The Kier molecular flexibility index (Phi) is 3.23. The van der Waals surface area contributed by atoms with Crippen molar-refractivity contribution in [2.24, 2.45) is 5.73 Å². The summed E-state index contributed by atoms with van der Waals surface area (Å²) in [6.45, 7) is 1.91. The molecule has 5 nitrogen and oxygen atoms in total. The molecule has 1 heterocycles. The third kappa shape index (κ3) is 2.60. The first-order valence-corrected chi connectivity index (χ1v) is 7.38. The Hall–Kier alpha value is -1.66. The molecule has 0 aliphatic rings. The maximum Gasteiger partial charge on any atom is 0.178 e. The summed E-state index contributed by atoms with van der Waals surface area (Å²) in [5.41, 5.74) is 7.58. The Morgan fingerprint density at radius 3 is 2.33 bits per heavy atom. The van der Waals surface area contributed by atoms with Gasteiger partial charge in [0.2, 0.25) is 0 Å². The van der Waals surface area contributed by atoms with Crippen LogP contribution in [0.25, 0.3) is 5.69 Å². The third-order valence-corrected chi connectivity index (χ3v) is 3.74. The van der Waals surface area contributed by atoms with Gasteiger partial charge >= 0.3 is 0 Å². The lowest BCUT2D eigenvalue weighted by molar-refractivity contribution is 0.602. The van der Waals surface area contributed by atoms with Gasteiger partial charge in [0.05, 0.1) is 11.9 Å². The second kappa shape index (κ2) is 4.55. The van der Waals surface area contributed by atoms with E-state index in [1.807, 2.05) is 31.2 Å². The van der Waals surface area contributed by atoms with Gasteiger partial charge < -0.3 is 5.73 Å². The Balaban J connectivity index is 2.35. The molecule has 6 heteroatoms. The van der Waals surface area contributed by atoms with E-state index in [4.69, 9.17) is 5.73 Å². The average molecular weight is 265 g/mol. The molecule has 0 spiro atoms. The van der Waals surface area contributed by atoms with Crippen LogP contribution >= 0.6 is 0 Å². The maximum atomic E-state index is 11.4. The van der Waals surface area contributed by atoms with Crippen molar-refractivity contribution in [2.45, 2.75) is 17.9 Å². The van der Waals surface area contributed by atoms with Crippen LogP contribution in [0, 0.1) is 0 Å². The summed E-state index contributed by atoms with van der Waals surface area (Å²) in [5.74, 6) is 0. The SMILES string of the molecule is C[C@H](N)c1ccc(-n2cc(S(C)(=O)=O)cn2)cc1. The van der Waals surface area contributed by atoms with Gasteiger partial charge in [-0.2, -0.15) is 5.10 Å². The van der Waals surface area contributed by atoms with Crippen molar-refractivity contribution in [3.63, 3.8) is 0 Å². The Bertz CT molecular complexity index is 642. The van der Waals surface area contributed by atoms with Gasteiger partial charge in [0.15, 0.2) is 9.84 Å². The van der Waals surface area contributed by atoms with E-state index in [2.05, 4.69) is 5.10 Å². The molecule has 1 aromatic carbocycles. The second-order valence-corrected chi connectivity index (χ2v) is 6.29. The summed E-state index contributed by atoms with van der Waals surface area (Å²) < 4.78 is 24.2. The van der Waals surface area contributed by atoms with Crippen LogP contribution in [0.5, 0.6) is 0 Å². The van der Waals surface area contributed by atoms with Crippen LogP contribution < -0.4 is 5.73 Å². The molecule has 2 aromatic rings. The summed E-state index contributed by atoms with van der Waals surface area (Å²) in [5, 5.41) is 4.03. The number of rotatable bonds is 3. The van der Waals surface area contributed by atoms with Gasteiger partial charge in [0.1, 0.15) is 4.90 Å². The summed E-state index contributed by atoms with van der Waals surface area (Å²) >= 11 is 0. The molecule has 0 fully saturated rings. The fraction of sp³-hybridized carbons (Fsp3) is 0.250. The number of nitrogens with zero attached hydrogens (tertiary/aromatic N) is 2. The van der Waals surface area contributed by atoms with E-state index >= 15 is 0 Å². The number of hydrogen-bond donors (Lipinski definition) is 1. The molecule has 18 heavy (non-hydrogen) atoms. The first-order chi connectivity index (χ1) is 8.38. The van der Waals surface area contributed by atoms with Crippen molar-refractivity contribution >= 4 is 9.84 Å². The zero-order valence-electron chi connectivity index (χ0n) is 10.2. The van der Waals surface area contributed by atoms with Crippen molar-refractivity contribution in [3.05, 3.63) is 42.2 Å². The molecule has 0 aliphatic carbocycles. The van der Waals surface area contributed by atoms with E-state index in [1.54, 1.807) is 0 Å². The van der Waals surface area contributed by atoms with Gasteiger partial charge in [-0.25, -0.2) is 13.1 Å². The molecular formula is C12H15N3O2S. The highest BCUT2D eigenvalue weighted by molar-refractivity contribution is 7.90. The van der Waals surface area contributed by atoms with E-state index in [0.29, 0.717) is 0 Å². The first kappa shape index (κ1) is 12.8. The maximum absolute atomic E-state index is 11.4. The molecule has 2 N–H and O–H groups in total. The fourth-order valence-electron chi connectivity index (χ4n) is 1.57. The summed E-state index contributed by atoms with van der Waals surface area (Å²) in [4.78, 5) is 0.207. The lowest BCUT2D eigenvalue weighted by atomic mass is 10.1. The molecule has 0 amide bonds. The molecule has 1 atom stereocenters. The topological polar surface area (TPSA) is 78.0 Å². The predicted octanol–water partition coefficient (Wildman–Crippen LogP) is 1.30. The lowest BCUT2D eigenvalue weighted by Gasteiger charge is -2.06. The third-order valence-electron chi connectivity index (χ3n) is 2.67. The molecule has 2 rings (SSSR count). The Morgan fingerprint density at radius 2 is 1.89 bits per heavy atom. The zero-order valence-corrected chi connectivity index (χ0v) is 11.1. The second-order valence-electron chi connectivity index (χ2n) is 4.27. The molecule has 0 unspecified atom stereocenters. The highest BCUT2D eigenvalue weighted by atomic mass is 32.2. The number of nitrogens with two attached hydrogens (primary N) is 1. The fourth-order valence-corrected chi connectivity index (χ4v) is 2.10. The minimum atomic E-state index is -3.21. The number of hydrogen-bond acceptors (Lipinski definition) is 4. The van der Waals surface area contributed by atoms with E-state index in [-0.39, 0.29) is 10.9 Å². The molecule has 0 bridgehead atoms. The minimum Gasteiger partial charge on any atom is -0.324 e. The average Bonchev–Trinajstić information content (AvgIpc) is 2.78. The molecule has 0 aliphatic heterocycles. The quantitative estimate of drug-likeness (QED) is 0.907. The van der Waals surface area contributed by atoms with Gasteiger partial charge in [-0.3, -0.25) is 0 Å². The standard InChI is InChI=1S/C12H15N3O2S/c1-9(13)10-3-5-11(6-4-10)15-8-12(7-14-15)18(2,16)17/h3-9H,13H2,1-2H3/t9-/m0/s1. The largest absolute Gasteiger partial charge is 0.324 e. The zero-order chi connectivity index (χ0) is 13.3. The number of benzene rings is 1. The van der Waals surface area contributed by atoms with Gasteiger partial charge in [0.25, 0.3) is 0 Å². The first-order valence-electron chi connectivity index (χ1n) is 5.48. The van der Waals surface area contributed by atoms with Gasteiger partial charge in [-0.05, 0) is 24.6 Å². The molecular weight excluding hydrogens is 250 g/mol. The van der Waals surface area contributed by atoms with Crippen LogP contribution in [0.2, 0.25) is 0 Å². The van der Waals surface area contributed by atoms with Crippen molar-refractivity contribution < 1.29 is 8.42 Å². The van der Waals surface area contributed by atoms with Crippen LogP contribution in [-0.2, 0) is 9.84 Å². The van der Waals surface area contributed by atoms with Crippen molar-refractivity contribution in [3.8, 4) is 5.69 Å². The minimum absolute atomic E-state index is 0.0248. The van der Waals surface area contributed by atoms with Crippen LogP contribution in [0.1, 0.15) is 18.5 Å². The predicted molar refractivity (Wildman–Crippen MR) is 69.3 cm³/mol. The monoisotopic (exact) mass is 265 g/mol. The van der Waals surface area contributed by atoms with Crippen molar-refractivity contribution in [1.29, 1.82) is 0 Å². The lowest BCUT2D eigenvalue weighted by Crippen LogP contribution is -2.05. The highest BCUT2D eigenvalue weighted by Crippen LogP contribution is 2.15. The van der Waals surface area contributed by atoms with E-state index in [1.165, 1.54) is 17.1 Å². The normalized spacial score (nSPS) is 13.5. The van der Waals surface area contributed by atoms with Crippen LogP contribution in [-0.4, -0.2) is 24.5 Å². The van der Waals surface area contributed by atoms with Crippen molar-refractivity contribution in [2.75, 3.05) is 6.26 Å². The van der Waals surface area contributed by atoms with E-state index in [9.17, 15) is 8.42 Å². The van der Waals surface area contributed by atoms with E-state index < -0.39 is 9.84 Å². The van der Waals surface area contributed by atoms with Gasteiger partial charge in [-0.1, -0.05) is 12.1 Å². The molecule has 96 valence electrons. The van der Waals surface area contributed by atoms with Crippen molar-refractivity contribution in [1.82, 2.24) is 9.78 Å². The molecule has 0 saturated carbocycles. The van der Waals surface area contributed by atoms with Crippen LogP contribution in [0.4, 0.5) is 0 Å². The number of aromatic nitrogens is 2. The molecule has 0 radical (unpaired) electrons. The summed E-state index contributed by atoms with van der Waals surface area (Å²) in [7, 11) is -3.21. The van der Waals surface area contributed by atoms with Crippen LogP contribution in [0.15, 0.2) is 41.6 Å². The highest BCUT2D eigenvalue weighted by Gasteiger charge is 2.10. The molecule has 1 aromatic heterocycles. The van der Waals surface area contributed by atoms with Crippen LogP contribution in [0.3, 0.4) is 0 Å². The summed E-state index contributed by atoms with van der Waals surface area (Å²) in [6.07, 6.45) is 4.00. The smallest absolute Gasteiger partial charge is 0.178 e. The van der Waals surface area contributed by atoms with Gasteiger partial charge in [-0.15, -0.1) is 0 Å². The Labute approximate surface area is 106 Å². The molecule has 0 saturated heterocycles. The van der Waals surface area contributed by atoms with Gasteiger partial charge in [0, 0.05) is 18.5 Å². The Morgan fingerprint density at radius 1 is 1.28 bits per heavy atom. The van der Waals surface area contributed by atoms with E-state index in [0.717, 1.165) is 17.5 Å². The number of sulfone groups is 1. The summed E-state index contributed by atoms with van der Waals surface area (Å²) in [6, 6.07) is 7.50.